The Labute approximate surface area is 110 Å². The predicted molar refractivity (Wildman–Crippen MR) is 75.1 cm³/mol. The van der Waals surface area contributed by atoms with Gasteiger partial charge in [-0.15, -0.1) is 0 Å². The SMILES string of the molecule is COc1ccc(C(C)OCCN)cc1C(C)(C)C. The number of hydrogen-bond donors (Lipinski definition) is 1. The van der Waals surface area contributed by atoms with Crippen molar-refractivity contribution < 1.29 is 9.47 Å². The molecule has 1 rings (SSSR count). The van der Waals surface area contributed by atoms with Gasteiger partial charge in [0.1, 0.15) is 5.75 Å². The van der Waals surface area contributed by atoms with E-state index in [1.807, 2.05) is 13.0 Å². The third-order valence-electron chi connectivity index (χ3n) is 2.99. The van der Waals surface area contributed by atoms with Gasteiger partial charge in [-0.1, -0.05) is 26.8 Å². The summed E-state index contributed by atoms with van der Waals surface area (Å²) in [6, 6.07) is 6.23. The van der Waals surface area contributed by atoms with Gasteiger partial charge in [0.25, 0.3) is 0 Å². The van der Waals surface area contributed by atoms with Gasteiger partial charge < -0.3 is 15.2 Å². The minimum atomic E-state index is 0.0505. The van der Waals surface area contributed by atoms with E-state index in [2.05, 4.69) is 32.9 Å². The van der Waals surface area contributed by atoms with Crippen LogP contribution in [-0.4, -0.2) is 20.3 Å². The second-order valence-electron chi connectivity index (χ2n) is 5.51. The van der Waals surface area contributed by atoms with Crippen molar-refractivity contribution >= 4 is 0 Å². The molecule has 0 aliphatic heterocycles. The maximum atomic E-state index is 5.65. The molecular weight excluding hydrogens is 226 g/mol. The fraction of sp³-hybridized carbons (Fsp3) is 0.600. The second-order valence-corrected chi connectivity index (χ2v) is 5.51. The first-order chi connectivity index (χ1) is 8.40. The Morgan fingerprint density at radius 3 is 2.44 bits per heavy atom. The number of benzene rings is 1. The number of methoxy groups -OCH3 is 1. The molecule has 1 atom stereocenters. The first-order valence-electron chi connectivity index (χ1n) is 6.40. The van der Waals surface area contributed by atoms with Gasteiger partial charge in [0, 0.05) is 6.54 Å². The van der Waals surface area contributed by atoms with E-state index in [4.69, 9.17) is 15.2 Å². The average molecular weight is 251 g/mol. The Bertz CT molecular complexity index is 383. The van der Waals surface area contributed by atoms with Crippen LogP contribution in [0.1, 0.15) is 44.9 Å². The molecule has 0 aromatic heterocycles. The molecule has 0 heterocycles. The van der Waals surface area contributed by atoms with Gasteiger partial charge >= 0.3 is 0 Å². The molecular formula is C15H25NO2. The Morgan fingerprint density at radius 2 is 1.94 bits per heavy atom. The molecule has 3 heteroatoms. The van der Waals surface area contributed by atoms with Crippen molar-refractivity contribution in [1.82, 2.24) is 0 Å². The van der Waals surface area contributed by atoms with E-state index >= 15 is 0 Å². The molecule has 3 nitrogen and oxygen atoms in total. The molecule has 1 aromatic carbocycles. The molecule has 0 aliphatic rings. The minimum absolute atomic E-state index is 0.0505. The predicted octanol–water partition coefficient (Wildman–Crippen LogP) is 3.03. The molecule has 1 aromatic rings. The van der Waals surface area contributed by atoms with Crippen molar-refractivity contribution in [3.8, 4) is 5.75 Å². The van der Waals surface area contributed by atoms with Crippen molar-refractivity contribution in [2.75, 3.05) is 20.3 Å². The van der Waals surface area contributed by atoms with E-state index in [0.717, 1.165) is 11.3 Å². The van der Waals surface area contributed by atoms with Crippen LogP contribution in [0.25, 0.3) is 0 Å². The number of rotatable bonds is 5. The third-order valence-corrected chi connectivity index (χ3v) is 2.99. The van der Waals surface area contributed by atoms with Crippen LogP contribution in [0.5, 0.6) is 5.75 Å². The fourth-order valence-corrected chi connectivity index (χ4v) is 1.91. The van der Waals surface area contributed by atoms with Gasteiger partial charge in [-0.25, -0.2) is 0 Å². The zero-order valence-electron chi connectivity index (χ0n) is 12.1. The molecule has 0 radical (unpaired) electrons. The normalized spacial score (nSPS) is 13.4. The standard InChI is InChI=1S/C15H25NO2/c1-11(18-9-8-16)12-6-7-14(17-5)13(10-12)15(2,3)4/h6-7,10-11H,8-9,16H2,1-5H3. The van der Waals surface area contributed by atoms with E-state index in [1.165, 1.54) is 5.56 Å². The molecule has 0 saturated carbocycles. The molecule has 0 spiro atoms. The lowest BCUT2D eigenvalue weighted by Gasteiger charge is -2.24. The lowest BCUT2D eigenvalue weighted by Crippen LogP contribution is -2.15. The summed E-state index contributed by atoms with van der Waals surface area (Å²) in [6.45, 7) is 9.72. The van der Waals surface area contributed by atoms with Crippen molar-refractivity contribution in [3.63, 3.8) is 0 Å². The molecule has 0 fully saturated rings. The lowest BCUT2D eigenvalue weighted by molar-refractivity contribution is 0.0716. The van der Waals surface area contributed by atoms with Crippen molar-refractivity contribution in [2.24, 2.45) is 5.73 Å². The molecule has 2 N–H and O–H groups in total. The van der Waals surface area contributed by atoms with Gasteiger partial charge in [0.05, 0.1) is 19.8 Å². The first kappa shape index (κ1) is 15.0. The molecule has 0 saturated heterocycles. The summed E-state index contributed by atoms with van der Waals surface area (Å²) in [4.78, 5) is 0. The summed E-state index contributed by atoms with van der Waals surface area (Å²) in [6.07, 6.45) is 0.0561. The molecule has 1 unspecified atom stereocenters. The quantitative estimate of drug-likeness (QED) is 0.875. The van der Waals surface area contributed by atoms with Crippen LogP contribution >= 0.6 is 0 Å². The maximum absolute atomic E-state index is 5.65. The van der Waals surface area contributed by atoms with Crippen LogP contribution < -0.4 is 10.5 Å². The molecule has 0 amide bonds. The molecule has 102 valence electrons. The van der Waals surface area contributed by atoms with Crippen LogP contribution in [-0.2, 0) is 10.2 Å². The van der Waals surface area contributed by atoms with Gasteiger partial charge in [0.2, 0.25) is 0 Å². The number of nitrogens with two attached hydrogens (primary N) is 1. The van der Waals surface area contributed by atoms with E-state index in [-0.39, 0.29) is 11.5 Å². The van der Waals surface area contributed by atoms with E-state index in [1.54, 1.807) is 7.11 Å². The Balaban J connectivity index is 3.03. The van der Waals surface area contributed by atoms with Gasteiger partial charge in [-0.3, -0.25) is 0 Å². The summed E-state index contributed by atoms with van der Waals surface area (Å²) >= 11 is 0. The van der Waals surface area contributed by atoms with E-state index in [9.17, 15) is 0 Å². The Morgan fingerprint density at radius 1 is 1.28 bits per heavy atom. The van der Waals surface area contributed by atoms with E-state index in [0.29, 0.717) is 13.2 Å². The number of ether oxygens (including phenoxy) is 2. The van der Waals surface area contributed by atoms with E-state index < -0.39 is 0 Å². The Kier molecular flexibility index (Phi) is 5.17. The average Bonchev–Trinajstić information content (AvgIpc) is 2.34. The van der Waals surface area contributed by atoms with Crippen LogP contribution in [0, 0.1) is 0 Å². The highest BCUT2D eigenvalue weighted by atomic mass is 16.5. The summed E-state index contributed by atoms with van der Waals surface area (Å²) in [5.41, 5.74) is 7.87. The minimum Gasteiger partial charge on any atom is -0.496 e. The van der Waals surface area contributed by atoms with Crippen LogP contribution in [0.15, 0.2) is 18.2 Å². The molecule has 18 heavy (non-hydrogen) atoms. The zero-order valence-corrected chi connectivity index (χ0v) is 12.1. The van der Waals surface area contributed by atoms with Crippen LogP contribution in [0.4, 0.5) is 0 Å². The second kappa shape index (κ2) is 6.21. The smallest absolute Gasteiger partial charge is 0.122 e. The zero-order chi connectivity index (χ0) is 13.8. The fourth-order valence-electron chi connectivity index (χ4n) is 1.91. The molecule has 0 bridgehead atoms. The van der Waals surface area contributed by atoms with Crippen molar-refractivity contribution in [1.29, 1.82) is 0 Å². The summed E-state index contributed by atoms with van der Waals surface area (Å²) in [7, 11) is 1.71. The van der Waals surface area contributed by atoms with Gasteiger partial charge in [-0.05, 0) is 35.6 Å². The summed E-state index contributed by atoms with van der Waals surface area (Å²) < 4.78 is 11.1. The van der Waals surface area contributed by atoms with Crippen molar-refractivity contribution in [3.05, 3.63) is 29.3 Å². The van der Waals surface area contributed by atoms with Gasteiger partial charge in [-0.2, -0.15) is 0 Å². The van der Waals surface area contributed by atoms with Crippen molar-refractivity contribution in [2.45, 2.75) is 39.2 Å². The first-order valence-corrected chi connectivity index (χ1v) is 6.40. The summed E-state index contributed by atoms with van der Waals surface area (Å²) in [5, 5.41) is 0. The Hall–Kier alpha value is -1.06. The van der Waals surface area contributed by atoms with Gasteiger partial charge in [0.15, 0.2) is 0 Å². The topological polar surface area (TPSA) is 44.5 Å². The molecule has 0 aliphatic carbocycles. The lowest BCUT2D eigenvalue weighted by atomic mass is 9.85. The highest BCUT2D eigenvalue weighted by molar-refractivity contribution is 5.42. The van der Waals surface area contributed by atoms with Crippen LogP contribution in [0.2, 0.25) is 0 Å². The van der Waals surface area contributed by atoms with Crippen LogP contribution in [0.3, 0.4) is 0 Å². The third kappa shape index (κ3) is 3.72. The number of hydrogen-bond acceptors (Lipinski definition) is 3. The highest BCUT2D eigenvalue weighted by Gasteiger charge is 2.20. The largest absolute Gasteiger partial charge is 0.496 e. The maximum Gasteiger partial charge on any atom is 0.122 e. The summed E-state index contributed by atoms with van der Waals surface area (Å²) in [5.74, 6) is 0.928. The highest BCUT2D eigenvalue weighted by Crippen LogP contribution is 2.33. The monoisotopic (exact) mass is 251 g/mol.